The lowest BCUT2D eigenvalue weighted by Gasteiger charge is -1.96. The number of aryl methyl sites for hydroxylation is 2. The molecule has 0 atom stereocenters. The molecule has 2 aromatic rings. The Balaban J connectivity index is 2.92. The maximum absolute atomic E-state index is 4.18. The molecule has 0 saturated heterocycles. The van der Waals surface area contributed by atoms with Crippen LogP contribution < -0.4 is 0 Å². The Labute approximate surface area is 82.4 Å². The second kappa shape index (κ2) is 2.61. The summed E-state index contributed by atoms with van der Waals surface area (Å²) in [5.74, 6) is 0.734. The number of nitrogens with zero attached hydrogens (tertiary/aromatic N) is 5. The lowest BCUT2D eigenvalue weighted by molar-refractivity contribution is 0.816. The van der Waals surface area contributed by atoms with Gasteiger partial charge in [0, 0.05) is 22.6 Å². The van der Waals surface area contributed by atoms with Gasteiger partial charge in [0.2, 0.25) is 3.83 Å². The Hall–Kier alpha value is -0.790. The third kappa shape index (κ3) is 1.06. The molecule has 0 spiro atoms. The van der Waals surface area contributed by atoms with Crippen molar-refractivity contribution in [3.63, 3.8) is 0 Å². The normalized spacial score (nSPS) is 10.9. The topological polar surface area (TPSA) is 56.0 Å². The van der Waals surface area contributed by atoms with Gasteiger partial charge in [-0.2, -0.15) is 4.52 Å². The first kappa shape index (κ1) is 7.84. The minimum Gasteiger partial charge on any atom is -0.233 e. The summed E-state index contributed by atoms with van der Waals surface area (Å²) < 4.78 is 2.45. The van der Waals surface area contributed by atoms with E-state index in [1.54, 1.807) is 4.52 Å². The van der Waals surface area contributed by atoms with Crippen LogP contribution in [0.2, 0.25) is 0 Å². The Morgan fingerprint density at radius 3 is 2.75 bits per heavy atom. The van der Waals surface area contributed by atoms with Gasteiger partial charge in [0.25, 0.3) is 0 Å². The highest BCUT2D eigenvalue weighted by Crippen LogP contribution is 2.06. The largest absolute Gasteiger partial charge is 0.233 e. The van der Waals surface area contributed by atoms with Gasteiger partial charge in [0.15, 0.2) is 5.65 Å². The quantitative estimate of drug-likeness (QED) is 0.665. The van der Waals surface area contributed by atoms with Crippen LogP contribution in [0.3, 0.4) is 0 Å². The van der Waals surface area contributed by atoms with E-state index in [0.29, 0.717) is 0 Å². The summed E-state index contributed by atoms with van der Waals surface area (Å²) in [6.07, 6.45) is 0. The standard InChI is InChI=1S/C6H6IN5/c1-3-5-9-10-6(7)12(5)11-4(2)8-3/h1-2H3. The molecule has 0 aliphatic rings. The van der Waals surface area contributed by atoms with Crippen molar-refractivity contribution in [3.8, 4) is 0 Å². The van der Waals surface area contributed by atoms with Crippen molar-refractivity contribution in [2.24, 2.45) is 0 Å². The van der Waals surface area contributed by atoms with Gasteiger partial charge < -0.3 is 0 Å². The van der Waals surface area contributed by atoms with Crippen LogP contribution in [0.25, 0.3) is 5.65 Å². The summed E-state index contributed by atoms with van der Waals surface area (Å²) in [7, 11) is 0. The number of rotatable bonds is 0. The van der Waals surface area contributed by atoms with Gasteiger partial charge in [-0.15, -0.1) is 15.3 Å². The van der Waals surface area contributed by atoms with Crippen molar-refractivity contribution in [1.82, 2.24) is 24.8 Å². The van der Waals surface area contributed by atoms with E-state index in [2.05, 4.69) is 42.9 Å². The van der Waals surface area contributed by atoms with Crippen molar-refractivity contribution < 1.29 is 0 Å². The molecule has 0 bridgehead atoms. The SMILES string of the molecule is Cc1nc(C)c2nnc(I)n2n1. The Bertz CT molecular complexity index is 435. The molecule has 0 radical (unpaired) electrons. The summed E-state index contributed by atoms with van der Waals surface area (Å²) >= 11 is 2.09. The van der Waals surface area contributed by atoms with E-state index in [1.165, 1.54) is 0 Å². The molecule has 12 heavy (non-hydrogen) atoms. The van der Waals surface area contributed by atoms with Crippen molar-refractivity contribution in [1.29, 1.82) is 0 Å². The van der Waals surface area contributed by atoms with E-state index in [9.17, 15) is 0 Å². The smallest absolute Gasteiger partial charge is 0.215 e. The first-order valence-corrected chi connectivity index (χ1v) is 4.48. The summed E-state index contributed by atoms with van der Waals surface area (Å²) in [5.41, 5.74) is 1.59. The number of hydrogen-bond donors (Lipinski definition) is 0. The van der Waals surface area contributed by atoms with Crippen molar-refractivity contribution >= 4 is 28.2 Å². The fourth-order valence-electron chi connectivity index (χ4n) is 1.03. The Morgan fingerprint density at radius 2 is 2.00 bits per heavy atom. The first-order chi connectivity index (χ1) is 5.68. The highest BCUT2D eigenvalue weighted by atomic mass is 127. The third-order valence-electron chi connectivity index (χ3n) is 1.50. The van der Waals surface area contributed by atoms with Gasteiger partial charge in [0.05, 0.1) is 5.69 Å². The number of aromatic nitrogens is 5. The Kier molecular flexibility index (Phi) is 1.71. The molecule has 0 aliphatic heterocycles. The lowest BCUT2D eigenvalue weighted by atomic mass is 10.5. The molecule has 0 aliphatic carbocycles. The van der Waals surface area contributed by atoms with Gasteiger partial charge in [0.1, 0.15) is 5.82 Å². The van der Waals surface area contributed by atoms with Crippen LogP contribution in [0, 0.1) is 17.7 Å². The average Bonchev–Trinajstić information content (AvgIpc) is 2.33. The van der Waals surface area contributed by atoms with E-state index >= 15 is 0 Å². The van der Waals surface area contributed by atoms with Crippen LogP contribution in [-0.4, -0.2) is 24.8 Å². The van der Waals surface area contributed by atoms with Gasteiger partial charge in [-0.1, -0.05) is 0 Å². The summed E-state index contributed by atoms with van der Waals surface area (Å²) in [4.78, 5) is 4.18. The second-order valence-electron chi connectivity index (χ2n) is 2.45. The molecule has 6 heteroatoms. The van der Waals surface area contributed by atoms with Crippen LogP contribution in [0.15, 0.2) is 0 Å². The van der Waals surface area contributed by atoms with E-state index < -0.39 is 0 Å². The fraction of sp³-hybridized carbons (Fsp3) is 0.333. The van der Waals surface area contributed by atoms with Crippen LogP contribution in [0.5, 0.6) is 0 Å². The number of fused-ring (bicyclic) bond motifs is 1. The Morgan fingerprint density at radius 1 is 1.25 bits per heavy atom. The fourth-order valence-corrected chi connectivity index (χ4v) is 1.48. The van der Waals surface area contributed by atoms with Gasteiger partial charge in [-0.3, -0.25) is 0 Å². The van der Waals surface area contributed by atoms with Crippen LogP contribution in [-0.2, 0) is 0 Å². The molecule has 0 aromatic carbocycles. The highest BCUT2D eigenvalue weighted by Gasteiger charge is 2.06. The molecule has 62 valence electrons. The molecular weight excluding hydrogens is 269 g/mol. The maximum Gasteiger partial charge on any atom is 0.215 e. The first-order valence-electron chi connectivity index (χ1n) is 3.40. The summed E-state index contributed by atoms with van der Waals surface area (Å²) in [5, 5.41) is 12.0. The van der Waals surface area contributed by atoms with Crippen LogP contribution >= 0.6 is 22.6 Å². The van der Waals surface area contributed by atoms with Crippen molar-refractivity contribution in [2.45, 2.75) is 13.8 Å². The predicted octanol–water partition coefficient (Wildman–Crippen LogP) is 0.741. The molecule has 0 saturated carbocycles. The van der Waals surface area contributed by atoms with E-state index in [1.807, 2.05) is 13.8 Å². The van der Waals surface area contributed by atoms with E-state index in [0.717, 1.165) is 21.0 Å². The molecular formula is C6H6IN5. The van der Waals surface area contributed by atoms with Gasteiger partial charge in [-0.25, -0.2) is 4.98 Å². The molecule has 2 rings (SSSR count). The number of hydrogen-bond acceptors (Lipinski definition) is 4. The molecule has 2 heterocycles. The third-order valence-corrected chi connectivity index (χ3v) is 2.17. The van der Waals surface area contributed by atoms with E-state index in [4.69, 9.17) is 0 Å². The molecule has 2 aromatic heterocycles. The van der Waals surface area contributed by atoms with Gasteiger partial charge >= 0.3 is 0 Å². The second-order valence-corrected chi connectivity index (χ2v) is 3.41. The highest BCUT2D eigenvalue weighted by molar-refractivity contribution is 14.1. The summed E-state index contributed by atoms with van der Waals surface area (Å²) in [6.45, 7) is 3.75. The average molecular weight is 275 g/mol. The molecule has 0 unspecified atom stereocenters. The maximum atomic E-state index is 4.18. The monoisotopic (exact) mass is 275 g/mol. The zero-order valence-electron chi connectivity index (χ0n) is 6.61. The molecule has 0 N–H and O–H groups in total. The molecule has 5 nitrogen and oxygen atoms in total. The molecule has 0 fully saturated rings. The number of halogens is 1. The van der Waals surface area contributed by atoms with E-state index in [-0.39, 0.29) is 0 Å². The minimum absolute atomic E-state index is 0.727. The molecule has 0 amide bonds. The zero-order valence-corrected chi connectivity index (χ0v) is 8.77. The van der Waals surface area contributed by atoms with Crippen molar-refractivity contribution in [3.05, 3.63) is 15.3 Å². The summed E-state index contributed by atoms with van der Waals surface area (Å²) in [6, 6.07) is 0. The minimum atomic E-state index is 0.727. The lowest BCUT2D eigenvalue weighted by Crippen LogP contribution is -2.01. The zero-order chi connectivity index (χ0) is 8.72. The van der Waals surface area contributed by atoms with Crippen LogP contribution in [0.4, 0.5) is 0 Å². The van der Waals surface area contributed by atoms with Crippen LogP contribution in [0.1, 0.15) is 11.5 Å². The van der Waals surface area contributed by atoms with Gasteiger partial charge in [-0.05, 0) is 13.8 Å². The predicted molar refractivity (Wildman–Crippen MR) is 50.8 cm³/mol. The van der Waals surface area contributed by atoms with Crippen molar-refractivity contribution in [2.75, 3.05) is 0 Å².